The largest absolute Gasteiger partial charge is 0.399 e. The quantitative estimate of drug-likeness (QED) is 0.316. The highest BCUT2D eigenvalue weighted by Gasteiger charge is 2.40. The van der Waals surface area contributed by atoms with E-state index >= 15 is 0 Å². The molecule has 0 bridgehead atoms. The lowest BCUT2D eigenvalue weighted by atomic mass is 9.99. The lowest BCUT2D eigenvalue weighted by Gasteiger charge is -2.37. The number of nitrogens with zero attached hydrogens (tertiary/aromatic N) is 3. The van der Waals surface area contributed by atoms with E-state index in [9.17, 15) is 9.90 Å². The third-order valence-corrected chi connectivity index (χ3v) is 6.95. The Hall–Kier alpha value is -4.49. The molecule has 2 atom stereocenters. The second-order valence-electron chi connectivity index (χ2n) is 9.69. The van der Waals surface area contributed by atoms with Crippen molar-refractivity contribution < 1.29 is 9.90 Å². The SMILES string of the molecule is Nc1ccc(CN2C(=O)N(Cc3ccc(N)cc3)N(c3ccccc3)C[C@@H](O)[C@H]2Cc2ccccc2)cc1. The number of nitrogens with two attached hydrogens (primary N) is 2. The van der Waals surface area contributed by atoms with Crippen LogP contribution in [-0.4, -0.2) is 39.7 Å². The minimum atomic E-state index is -0.801. The molecule has 0 aromatic heterocycles. The molecule has 1 saturated heterocycles. The monoisotopic (exact) mass is 507 g/mol. The molecule has 5 N–H and O–H groups in total. The van der Waals surface area contributed by atoms with Crippen LogP contribution >= 0.6 is 0 Å². The van der Waals surface area contributed by atoms with E-state index < -0.39 is 12.1 Å². The minimum absolute atomic E-state index is 0.181. The number of nitrogen functional groups attached to an aromatic ring is 2. The van der Waals surface area contributed by atoms with Crippen molar-refractivity contribution >= 4 is 23.1 Å². The number of amides is 2. The van der Waals surface area contributed by atoms with Gasteiger partial charge >= 0.3 is 6.03 Å². The molecule has 0 unspecified atom stereocenters. The molecule has 194 valence electrons. The Morgan fingerprint density at radius 2 is 1.21 bits per heavy atom. The first-order valence-corrected chi connectivity index (χ1v) is 12.8. The van der Waals surface area contributed by atoms with Crippen LogP contribution in [0.25, 0.3) is 0 Å². The van der Waals surface area contributed by atoms with Crippen molar-refractivity contribution in [1.82, 2.24) is 9.91 Å². The van der Waals surface area contributed by atoms with E-state index in [0.29, 0.717) is 30.9 Å². The standard InChI is InChI=1S/C31H33N5O2/c32-26-15-11-24(12-16-26)20-34-29(19-23-7-3-1-4-8-23)30(37)22-35(28-9-5-2-6-10-28)36(31(34)38)21-25-13-17-27(33)18-14-25/h1-18,29-30,37H,19-22,32-33H2/t29-,30-/m1/s1. The van der Waals surface area contributed by atoms with Gasteiger partial charge in [0, 0.05) is 17.9 Å². The van der Waals surface area contributed by atoms with Crippen LogP contribution < -0.4 is 16.5 Å². The summed E-state index contributed by atoms with van der Waals surface area (Å²) in [6, 6.07) is 34.2. The molecule has 0 aliphatic carbocycles. The van der Waals surface area contributed by atoms with Crippen molar-refractivity contribution in [1.29, 1.82) is 0 Å². The summed E-state index contributed by atoms with van der Waals surface area (Å²) in [5.41, 5.74) is 16.9. The molecule has 0 radical (unpaired) electrons. The molecule has 2 amide bonds. The molecule has 1 fully saturated rings. The van der Waals surface area contributed by atoms with Crippen LogP contribution in [0.2, 0.25) is 0 Å². The van der Waals surface area contributed by atoms with Crippen molar-refractivity contribution in [3.05, 3.63) is 126 Å². The van der Waals surface area contributed by atoms with E-state index in [2.05, 4.69) is 0 Å². The van der Waals surface area contributed by atoms with E-state index in [4.69, 9.17) is 11.5 Å². The van der Waals surface area contributed by atoms with Gasteiger partial charge in [-0.05, 0) is 59.5 Å². The maximum absolute atomic E-state index is 14.5. The maximum atomic E-state index is 14.5. The number of urea groups is 1. The third kappa shape index (κ3) is 5.74. The van der Waals surface area contributed by atoms with E-state index in [1.807, 2.05) is 114 Å². The zero-order chi connectivity index (χ0) is 26.5. The molecular formula is C31H33N5O2. The number of hydrazine groups is 1. The molecule has 0 spiro atoms. The van der Waals surface area contributed by atoms with Gasteiger partial charge in [-0.25, -0.2) is 9.80 Å². The van der Waals surface area contributed by atoms with E-state index in [-0.39, 0.29) is 12.6 Å². The number of benzene rings is 4. The van der Waals surface area contributed by atoms with Gasteiger partial charge in [-0.15, -0.1) is 0 Å². The normalized spacial score (nSPS) is 17.9. The highest BCUT2D eigenvalue weighted by Crippen LogP contribution is 2.28. The van der Waals surface area contributed by atoms with Crippen LogP contribution in [0.1, 0.15) is 16.7 Å². The fraction of sp³-hybridized carbons (Fsp3) is 0.194. The van der Waals surface area contributed by atoms with E-state index in [0.717, 1.165) is 22.4 Å². The number of β-amino-alcohol motifs (C(OH)–C–C–N with tert-alkyl or cyclic N) is 1. The molecule has 7 nitrogen and oxygen atoms in total. The molecule has 1 heterocycles. The zero-order valence-corrected chi connectivity index (χ0v) is 21.2. The Kier molecular flexibility index (Phi) is 7.47. The number of carbonyl (C=O) groups excluding carboxylic acids is 1. The van der Waals surface area contributed by atoms with Crippen molar-refractivity contribution in [2.24, 2.45) is 0 Å². The van der Waals surface area contributed by atoms with Gasteiger partial charge < -0.3 is 21.5 Å². The van der Waals surface area contributed by atoms with Crippen LogP contribution in [0.15, 0.2) is 109 Å². The summed E-state index contributed by atoms with van der Waals surface area (Å²) < 4.78 is 0. The Labute approximate surface area is 223 Å². The van der Waals surface area contributed by atoms with Crippen LogP contribution in [0.4, 0.5) is 21.9 Å². The number of aliphatic hydroxyl groups excluding tert-OH is 1. The van der Waals surface area contributed by atoms with Crippen LogP contribution in [-0.2, 0) is 19.5 Å². The number of aliphatic hydroxyl groups is 1. The Bertz CT molecular complexity index is 1330. The summed E-state index contributed by atoms with van der Waals surface area (Å²) >= 11 is 0. The Balaban J connectivity index is 1.57. The first kappa shape index (κ1) is 25.2. The topological polar surface area (TPSA) is 99.1 Å². The summed E-state index contributed by atoms with van der Waals surface area (Å²) in [6.45, 7) is 0.937. The predicted molar refractivity (Wildman–Crippen MR) is 152 cm³/mol. The number of hydrogen-bond donors (Lipinski definition) is 3. The molecule has 38 heavy (non-hydrogen) atoms. The summed E-state index contributed by atoms with van der Waals surface area (Å²) in [7, 11) is 0. The summed E-state index contributed by atoms with van der Waals surface area (Å²) in [5.74, 6) is 0. The maximum Gasteiger partial charge on any atom is 0.339 e. The molecule has 1 aliphatic heterocycles. The number of rotatable bonds is 7. The van der Waals surface area contributed by atoms with Gasteiger partial charge in [0.15, 0.2) is 0 Å². The van der Waals surface area contributed by atoms with Gasteiger partial charge in [0.1, 0.15) is 0 Å². The predicted octanol–water partition coefficient (Wildman–Crippen LogP) is 4.68. The first-order chi connectivity index (χ1) is 18.5. The average molecular weight is 508 g/mol. The third-order valence-electron chi connectivity index (χ3n) is 6.95. The lowest BCUT2D eigenvalue weighted by molar-refractivity contribution is 0.0751. The van der Waals surface area contributed by atoms with Gasteiger partial charge in [0.25, 0.3) is 0 Å². The molecule has 4 aromatic carbocycles. The van der Waals surface area contributed by atoms with Crippen molar-refractivity contribution in [2.75, 3.05) is 23.0 Å². The molecular weight excluding hydrogens is 474 g/mol. The van der Waals surface area contributed by atoms with Crippen molar-refractivity contribution in [3.8, 4) is 0 Å². The van der Waals surface area contributed by atoms with Crippen molar-refractivity contribution in [2.45, 2.75) is 31.7 Å². The van der Waals surface area contributed by atoms with Crippen LogP contribution in [0.3, 0.4) is 0 Å². The second kappa shape index (κ2) is 11.3. The highest BCUT2D eigenvalue weighted by atomic mass is 16.3. The molecule has 0 saturated carbocycles. The molecule has 7 heteroatoms. The van der Waals surface area contributed by atoms with Crippen LogP contribution in [0, 0.1) is 0 Å². The summed E-state index contributed by atoms with van der Waals surface area (Å²) in [5, 5.41) is 15.3. The van der Waals surface area contributed by atoms with Gasteiger partial charge in [0.05, 0.1) is 30.9 Å². The van der Waals surface area contributed by atoms with Gasteiger partial charge in [-0.3, -0.25) is 5.01 Å². The Morgan fingerprint density at radius 1 is 0.684 bits per heavy atom. The van der Waals surface area contributed by atoms with Gasteiger partial charge in [-0.1, -0.05) is 72.8 Å². The highest BCUT2D eigenvalue weighted by molar-refractivity contribution is 5.78. The van der Waals surface area contributed by atoms with Crippen LogP contribution in [0.5, 0.6) is 0 Å². The number of hydrogen-bond acceptors (Lipinski definition) is 5. The second-order valence-corrected chi connectivity index (χ2v) is 9.69. The van der Waals surface area contributed by atoms with Gasteiger partial charge in [0.2, 0.25) is 0 Å². The van der Waals surface area contributed by atoms with E-state index in [1.165, 1.54) is 0 Å². The minimum Gasteiger partial charge on any atom is -0.399 e. The number of carbonyl (C=O) groups is 1. The fourth-order valence-corrected chi connectivity index (χ4v) is 4.90. The lowest BCUT2D eigenvalue weighted by Crippen LogP contribution is -2.51. The summed E-state index contributed by atoms with van der Waals surface area (Å²) in [4.78, 5) is 16.3. The zero-order valence-electron chi connectivity index (χ0n) is 21.2. The average Bonchev–Trinajstić information content (AvgIpc) is 3.03. The smallest absolute Gasteiger partial charge is 0.339 e. The van der Waals surface area contributed by atoms with E-state index in [1.54, 1.807) is 9.91 Å². The Morgan fingerprint density at radius 3 is 1.79 bits per heavy atom. The summed E-state index contributed by atoms with van der Waals surface area (Å²) in [6.07, 6.45) is -0.273. The first-order valence-electron chi connectivity index (χ1n) is 12.8. The number of anilines is 3. The molecule has 1 aliphatic rings. The fourth-order valence-electron chi connectivity index (χ4n) is 4.90. The van der Waals surface area contributed by atoms with Crippen molar-refractivity contribution in [3.63, 3.8) is 0 Å². The van der Waals surface area contributed by atoms with Gasteiger partial charge in [-0.2, -0.15) is 0 Å². The number of para-hydroxylation sites is 1. The molecule has 4 aromatic rings. The molecule has 5 rings (SSSR count).